The first kappa shape index (κ1) is 20.3. The maximum absolute atomic E-state index is 12.7. The van der Waals surface area contributed by atoms with E-state index in [0.29, 0.717) is 5.75 Å². The first-order valence-corrected chi connectivity index (χ1v) is 10.9. The van der Waals surface area contributed by atoms with E-state index in [1.54, 1.807) is 24.5 Å². The topological polar surface area (TPSA) is 97.4 Å². The summed E-state index contributed by atoms with van der Waals surface area (Å²) in [4.78, 5) is 16.7. The summed E-state index contributed by atoms with van der Waals surface area (Å²) in [6, 6.07) is 7.91. The molecule has 0 unspecified atom stereocenters. The van der Waals surface area contributed by atoms with E-state index in [0.717, 1.165) is 31.2 Å². The minimum absolute atomic E-state index is 0.0242. The van der Waals surface area contributed by atoms with Gasteiger partial charge in [-0.15, -0.1) is 0 Å². The molecule has 7 nitrogen and oxygen atoms in total. The van der Waals surface area contributed by atoms with Crippen molar-refractivity contribution in [3.63, 3.8) is 0 Å². The Morgan fingerprint density at radius 2 is 1.86 bits per heavy atom. The molecule has 2 aromatic rings. The van der Waals surface area contributed by atoms with E-state index in [-0.39, 0.29) is 29.0 Å². The Bertz CT molecular complexity index is 910. The average molecular weight is 404 g/mol. The van der Waals surface area contributed by atoms with Crippen molar-refractivity contribution in [2.75, 3.05) is 7.11 Å². The molecule has 2 N–H and O–H groups in total. The van der Waals surface area contributed by atoms with Crippen molar-refractivity contribution in [2.24, 2.45) is 0 Å². The molecule has 1 heterocycles. The number of benzene rings is 1. The maximum Gasteiger partial charge on any atom is 0.255 e. The van der Waals surface area contributed by atoms with E-state index in [2.05, 4.69) is 15.0 Å². The molecule has 0 spiro atoms. The van der Waals surface area contributed by atoms with E-state index in [1.807, 2.05) is 0 Å². The predicted octanol–water partition coefficient (Wildman–Crippen LogP) is 2.63. The molecule has 1 aromatic carbocycles. The van der Waals surface area contributed by atoms with Gasteiger partial charge in [0.15, 0.2) is 0 Å². The van der Waals surface area contributed by atoms with Crippen molar-refractivity contribution in [3.8, 4) is 5.75 Å². The Balaban J connectivity index is 1.77. The third-order valence-corrected chi connectivity index (χ3v) is 6.28. The van der Waals surface area contributed by atoms with Crippen LogP contribution in [0.4, 0.5) is 0 Å². The number of nitrogens with zero attached hydrogens (tertiary/aromatic N) is 1. The van der Waals surface area contributed by atoms with Gasteiger partial charge in [0.2, 0.25) is 10.0 Å². The highest BCUT2D eigenvalue weighted by atomic mass is 32.2. The highest BCUT2D eigenvalue weighted by Crippen LogP contribution is 2.24. The van der Waals surface area contributed by atoms with Gasteiger partial charge in [0.1, 0.15) is 5.75 Å². The van der Waals surface area contributed by atoms with Crippen LogP contribution in [0.25, 0.3) is 0 Å². The lowest BCUT2D eigenvalue weighted by molar-refractivity contribution is 0.0924. The van der Waals surface area contributed by atoms with E-state index in [9.17, 15) is 13.2 Å². The summed E-state index contributed by atoms with van der Waals surface area (Å²) in [6.45, 7) is 0.139. The van der Waals surface area contributed by atoms with E-state index < -0.39 is 10.0 Å². The number of pyridine rings is 1. The number of amides is 1. The Labute approximate surface area is 165 Å². The largest absolute Gasteiger partial charge is 0.496 e. The van der Waals surface area contributed by atoms with Crippen LogP contribution in [0.3, 0.4) is 0 Å². The van der Waals surface area contributed by atoms with Gasteiger partial charge in [-0.05, 0) is 48.7 Å². The van der Waals surface area contributed by atoms with Gasteiger partial charge in [0.25, 0.3) is 5.91 Å². The minimum atomic E-state index is -3.78. The third-order valence-electron chi connectivity index (χ3n) is 4.88. The minimum Gasteiger partial charge on any atom is -0.496 e. The van der Waals surface area contributed by atoms with Crippen LogP contribution >= 0.6 is 0 Å². The van der Waals surface area contributed by atoms with Crippen molar-refractivity contribution < 1.29 is 17.9 Å². The van der Waals surface area contributed by atoms with Crippen LogP contribution in [-0.2, 0) is 16.6 Å². The summed E-state index contributed by atoms with van der Waals surface area (Å²) in [5.74, 6) is 0.0383. The lowest BCUT2D eigenvalue weighted by Gasteiger charge is -2.23. The average Bonchev–Trinajstić information content (AvgIpc) is 2.73. The third kappa shape index (κ3) is 5.08. The van der Waals surface area contributed by atoms with Gasteiger partial charge in [-0.3, -0.25) is 9.78 Å². The molecule has 1 aliphatic rings. The fraction of sp³-hybridized carbons (Fsp3) is 0.400. The summed E-state index contributed by atoms with van der Waals surface area (Å²) < 4.78 is 33.2. The van der Waals surface area contributed by atoms with Gasteiger partial charge in [-0.2, -0.15) is 0 Å². The quantitative estimate of drug-likeness (QED) is 0.741. The molecular formula is C20H25N3O4S. The number of rotatable bonds is 7. The fourth-order valence-corrected chi connectivity index (χ4v) is 4.35. The summed E-state index contributed by atoms with van der Waals surface area (Å²) >= 11 is 0. The number of nitrogens with one attached hydrogen (secondary N) is 2. The van der Waals surface area contributed by atoms with Gasteiger partial charge in [-0.1, -0.05) is 19.3 Å². The standard InChI is InChI=1S/C20H25N3O4S/c1-27-19-8-7-17(28(25,26)22-14-15-9-11-21-12-10-15)13-18(19)20(24)23-16-5-3-2-4-6-16/h7-13,16,22H,2-6,14H2,1H3,(H,23,24). The molecule has 1 aliphatic carbocycles. The molecule has 1 aromatic heterocycles. The molecule has 28 heavy (non-hydrogen) atoms. The summed E-state index contributed by atoms with van der Waals surface area (Å²) in [7, 11) is -2.32. The molecule has 1 amide bonds. The molecule has 0 bridgehead atoms. The lowest BCUT2D eigenvalue weighted by atomic mass is 9.95. The van der Waals surface area contributed by atoms with Crippen LogP contribution in [0.2, 0.25) is 0 Å². The zero-order valence-electron chi connectivity index (χ0n) is 15.8. The van der Waals surface area contributed by atoms with Crippen LogP contribution in [0.15, 0.2) is 47.6 Å². The predicted molar refractivity (Wildman–Crippen MR) is 106 cm³/mol. The Morgan fingerprint density at radius 3 is 2.54 bits per heavy atom. The van der Waals surface area contributed by atoms with Gasteiger partial charge in [0.05, 0.1) is 17.6 Å². The Morgan fingerprint density at radius 1 is 1.14 bits per heavy atom. The van der Waals surface area contributed by atoms with Crippen molar-refractivity contribution in [1.82, 2.24) is 15.0 Å². The molecular weight excluding hydrogens is 378 g/mol. The number of carbonyl (C=O) groups is 1. The van der Waals surface area contributed by atoms with Crippen LogP contribution in [0, 0.1) is 0 Å². The van der Waals surface area contributed by atoms with Gasteiger partial charge < -0.3 is 10.1 Å². The fourth-order valence-electron chi connectivity index (χ4n) is 3.30. The number of aromatic nitrogens is 1. The number of methoxy groups -OCH3 is 1. The number of hydrogen-bond acceptors (Lipinski definition) is 5. The summed E-state index contributed by atoms with van der Waals surface area (Å²) in [5.41, 5.74) is 1.02. The molecule has 1 saturated carbocycles. The van der Waals surface area contributed by atoms with Gasteiger partial charge >= 0.3 is 0 Å². The van der Waals surface area contributed by atoms with Crippen molar-refractivity contribution in [2.45, 2.75) is 49.6 Å². The van der Waals surface area contributed by atoms with Crippen molar-refractivity contribution in [1.29, 1.82) is 0 Å². The Hall–Kier alpha value is -2.45. The van der Waals surface area contributed by atoms with Crippen LogP contribution in [0.5, 0.6) is 5.75 Å². The van der Waals surface area contributed by atoms with Gasteiger partial charge in [0, 0.05) is 25.0 Å². The first-order chi connectivity index (χ1) is 13.5. The second-order valence-electron chi connectivity index (χ2n) is 6.85. The Kier molecular flexibility index (Phi) is 6.64. The van der Waals surface area contributed by atoms with E-state index in [4.69, 9.17) is 4.74 Å². The highest BCUT2D eigenvalue weighted by molar-refractivity contribution is 7.89. The molecule has 3 rings (SSSR count). The van der Waals surface area contributed by atoms with Crippen molar-refractivity contribution >= 4 is 15.9 Å². The second-order valence-corrected chi connectivity index (χ2v) is 8.62. The lowest BCUT2D eigenvalue weighted by Crippen LogP contribution is -2.36. The second kappa shape index (κ2) is 9.16. The molecule has 0 atom stereocenters. The summed E-state index contributed by atoms with van der Waals surface area (Å²) in [5, 5.41) is 3.01. The smallest absolute Gasteiger partial charge is 0.255 e. The molecule has 150 valence electrons. The van der Waals surface area contributed by atoms with Crippen LogP contribution in [0.1, 0.15) is 48.0 Å². The van der Waals surface area contributed by atoms with E-state index >= 15 is 0 Å². The molecule has 8 heteroatoms. The molecule has 0 saturated heterocycles. The number of hydrogen-bond donors (Lipinski definition) is 2. The number of sulfonamides is 1. The monoisotopic (exact) mass is 403 g/mol. The summed E-state index contributed by atoms with van der Waals surface area (Å²) in [6.07, 6.45) is 8.46. The maximum atomic E-state index is 12.7. The zero-order chi connectivity index (χ0) is 20.0. The van der Waals surface area contributed by atoms with Gasteiger partial charge in [-0.25, -0.2) is 13.1 Å². The van der Waals surface area contributed by atoms with Crippen LogP contribution < -0.4 is 14.8 Å². The zero-order valence-corrected chi connectivity index (χ0v) is 16.7. The highest BCUT2D eigenvalue weighted by Gasteiger charge is 2.22. The van der Waals surface area contributed by atoms with E-state index in [1.165, 1.54) is 31.7 Å². The molecule has 0 radical (unpaired) electrons. The van der Waals surface area contributed by atoms with Crippen molar-refractivity contribution in [3.05, 3.63) is 53.9 Å². The SMILES string of the molecule is COc1ccc(S(=O)(=O)NCc2ccncc2)cc1C(=O)NC1CCCCC1. The number of ether oxygens (including phenoxy) is 1. The van der Waals surface area contributed by atoms with Crippen LogP contribution in [-0.4, -0.2) is 32.5 Å². The molecule has 0 aliphatic heterocycles. The number of carbonyl (C=O) groups excluding carboxylic acids is 1. The normalized spacial score (nSPS) is 15.2. The molecule has 1 fully saturated rings. The first-order valence-electron chi connectivity index (χ1n) is 9.37.